The third-order valence-electron chi connectivity index (χ3n) is 3.32. The molecule has 1 aromatic carbocycles. The molecule has 1 unspecified atom stereocenters. The first kappa shape index (κ1) is 19.3. The van der Waals surface area contributed by atoms with Crippen LogP contribution in [0.5, 0.6) is 17.2 Å². The first-order valence-electron chi connectivity index (χ1n) is 7.21. The number of aliphatic hydroxyl groups is 1. The molecule has 0 fully saturated rings. The Morgan fingerprint density at radius 3 is 2.78 bits per heavy atom. The van der Waals surface area contributed by atoms with E-state index in [0.717, 1.165) is 0 Å². The summed E-state index contributed by atoms with van der Waals surface area (Å²) < 4.78 is 15.9. The predicted molar refractivity (Wildman–Crippen MR) is 87.1 cm³/mol. The van der Waals surface area contributed by atoms with Crippen LogP contribution in [-0.2, 0) is 4.79 Å². The van der Waals surface area contributed by atoms with Gasteiger partial charge in [-0.1, -0.05) is 13.8 Å². The third kappa shape index (κ3) is 5.46. The monoisotopic (exact) mass is 346 g/mol. The molecule has 7 nitrogen and oxygen atoms in total. The quantitative estimate of drug-likeness (QED) is 0.670. The maximum atomic E-state index is 11.7. The zero-order chi connectivity index (χ0) is 16.1. The number of hydrogen-bond donors (Lipinski definition) is 3. The Hall–Kier alpha value is -1.70. The van der Waals surface area contributed by atoms with Crippen LogP contribution < -0.4 is 25.3 Å². The zero-order valence-corrected chi connectivity index (χ0v) is 14.0. The largest absolute Gasteiger partial charge is 0.491 e. The molecule has 1 aliphatic rings. The lowest BCUT2D eigenvalue weighted by atomic mass is 10.1. The van der Waals surface area contributed by atoms with Crippen molar-refractivity contribution in [3.05, 3.63) is 18.2 Å². The lowest BCUT2D eigenvalue weighted by molar-refractivity contribution is -0.123. The van der Waals surface area contributed by atoms with E-state index in [0.29, 0.717) is 17.2 Å². The lowest BCUT2D eigenvalue weighted by Gasteiger charge is -2.17. The summed E-state index contributed by atoms with van der Waals surface area (Å²) in [6, 6.07) is 4.59. The topological polar surface area (TPSA) is 103 Å². The number of carbonyl (C=O) groups is 1. The standard InChI is InChI=1S/C15H22N2O5.ClH/c1-9(2)14(16)15(19)17-6-10(18)7-20-11-3-4-12-13(5-11)22-8-21-12;/h3-5,9-10,14,18H,6-8,16H2,1-2H3,(H,17,19);1H/t10?,14-;/m0./s1. The van der Waals surface area contributed by atoms with Crippen molar-refractivity contribution in [1.29, 1.82) is 0 Å². The number of hydrogen-bond acceptors (Lipinski definition) is 6. The number of nitrogens with one attached hydrogen (secondary N) is 1. The maximum Gasteiger partial charge on any atom is 0.237 e. The molecule has 1 amide bonds. The highest BCUT2D eigenvalue weighted by Gasteiger charge is 2.18. The number of halogens is 1. The van der Waals surface area contributed by atoms with Crippen LogP contribution in [0.2, 0.25) is 0 Å². The van der Waals surface area contributed by atoms with Gasteiger partial charge in [0, 0.05) is 12.6 Å². The molecule has 2 rings (SSSR count). The van der Waals surface area contributed by atoms with E-state index in [-0.39, 0.29) is 44.2 Å². The van der Waals surface area contributed by atoms with Gasteiger partial charge in [0.05, 0.1) is 6.04 Å². The summed E-state index contributed by atoms with van der Waals surface area (Å²) in [7, 11) is 0. The molecule has 8 heteroatoms. The van der Waals surface area contributed by atoms with E-state index in [1.165, 1.54) is 0 Å². The van der Waals surface area contributed by atoms with Crippen molar-refractivity contribution >= 4 is 18.3 Å². The van der Waals surface area contributed by atoms with Crippen LogP contribution in [0.1, 0.15) is 13.8 Å². The van der Waals surface area contributed by atoms with Gasteiger partial charge >= 0.3 is 0 Å². The van der Waals surface area contributed by atoms with Crippen molar-refractivity contribution < 1.29 is 24.1 Å². The predicted octanol–water partition coefficient (Wildman–Crippen LogP) is 0.676. The minimum absolute atomic E-state index is 0. The number of aliphatic hydroxyl groups excluding tert-OH is 1. The number of rotatable bonds is 7. The van der Waals surface area contributed by atoms with Gasteiger partial charge in [-0.25, -0.2) is 0 Å². The normalized spacial score (nSPS) is 14.8. The van der Waals surface area contributed by atoms with Crippen molar-refractivity contribution in [3.8, 4) is 17.2 Å². The van der Waals surface area contributed by atoms with E-state index < -0.39 is 12.1 Å². The minimum atomic E-state index is -0.825. The molecular formula is C15H23ClN2O5. The zero-order valence-electron chi connectivity index (χ0n) is 13.2. The molecule has 0 saturated carbocycles. The molecule has 1 aliphatic heterocycles. The van der Waals surface area contributed by atoms with E-state index in [4.69, 9.17) is 19.9 Å². The minimum Gasteiger partial charge on any atom is -0.491 e. The van der Waals surface area contributed by atoms with Crippen molar-refractivity contribution in [2.45, 2.75) is 26.0 Å². The van der Waals surface area contributed by atoms with Crippen molar-refractivity contribution in [3.63, 3.8) is 0 Å². The second-order valence-corrected chi connectivity index (χ2v) is 5.49. The van der Waals surface area contributed by atoms with E-state index in [2.05, 4.69) is 5.32 Å². The molecule has 130 valence electrons. The molecule has 2 atom stereocenters. The molecule has 0 bridgehead atoms. The van der Waals surface area contributed by atoms with Gasteiger partial charge in [-0.15, -0.1) is 12.4 Å². The second-order valence-electron chi connectivity index (χ2n) is 5.49. The fourth-order valence-corrected chi connectivity index (χ4v) is 1.86. The summed E-state index contributed by atoms with van der Waals surface area (Å²) in [4.78, 5) is 11.7. The number of benzene rings is 1. The fourth-order valence-electron chi connectivity index (χ4n) is 1.86. The molecule has 4 N–H and O–H groups in total. The molecule has 0 aromatic heterocycles. The van der Waals surface area contributed by atoms with Crippen LogP contribution in [-0.4, -0.2) is 43.1 Å². The average molecular weight is 347 g/mol. The Balaban J connectivity index is 0.00000264. The lowest BCUT2D eigenvalue weighted by Crippen LogP contribution is -2.46. The van der Waals surface area contributed by atoms with Crippen LogP contribution in [0.15, 0.2) is 18.2 Å². The SMILES string of the molecule is CC(C)[C@H](N)C(=O)NCC(O)COc1ccc2c(c1)OCO2.Cl. The van der Waals surface area contributed by atoms with Crippen molar-refractivity contribution in [2.24, 2.45) is 11.7 Å². The average Bonchev–Trinajstić information content (AvgIpc) is 2.97. The van der Waals surface area contributed by atoms with Crippen LogP contribution in [0, 0.1) is 5.92 Å². The highest BCUT2D eigenvalue weighted by molar-refractivity contribution is 5.85. The van der Waals surface area contributed by atoms with E-state index in [1.54, 1.807) is 18.2 Å². The summed E-state index contributed by atoms with van der Waals surface area (Å²) in [5.74, 6) is 1.61. The van der Waals surface area contributed by atoms with Gasteiger partial charge < -0.3 is 30.4 Å². The first-order chi connectivity index (χ1) is 10.5. The number of amides is 1. The fraction of sp³-hybridized carbons (Fsp3) is 0.533. The molecule has 0 spiro atoms. The van der Waals surface area contributed by atoms with Gasteiger partial charge in [-0.3, -0.25) is 4.79 Å². The van der Waals surface area contributed by atoms with Crippen molar-refractivity contribution in [2.75, 3.05) is 19.9 Å². The highest BCUT2D eigenvalue weighted by atomic mass is 35.5. The molecule has 23 heavy (non-hydrogen) atoms. The Labute approximate surface area is 141 Å². The van der Waals surface area contributed by atoms with Crippen LogP contribution in [0.25, 0.3) is 0 Å². The van der Waals surface area contributed by atoms with E-state index in [9.17, 15) is 9.90 Å². The molecule has 1 heterocycles. The number of carbonyl (C=O) groups excluding carboxylic acids is 1. The Morgan fingerprint density at radius 1 is 1.39 bits per heavy atom. The van der Waals surface area contributed by atoms with Crippen LogP contribution in [0.4, 0.5) is 0 Å². The third-order valence-corrected chi connectivity index (χ3v) is 3.32. The summed E-state index contributed by atoms with van der Waals surface area (Å²) >= 11 is 0. The molecule has 0 saturated heterocycles. The second kappa shape index (κ2) is 8.81. The molecule has 0 aliphatic carbocycles. The molecule has 1 aromatic rings. The summed E-state index contributed by atoms with van der Waals surface area (Å²) in [6.45, 7) is 4.07. The van der Waals surface area contributed by atoms with Gasteiger partial charge in [0.15, 0.2) is 11.5 Å². The van der Waals surface area contributed by atoms with Gasteiger partial charge in [0.1, 0.15) is 18.5 Å². The van der Waals surface area contributed by atoms with E-state index in [1.807, 2.05) is 13.8 Å². The summed E-state index contributed by atoms with van der Waals surface area (Å²) in [5.41, 5.74) is 5.71. The highest BCUT2D eigenvalue weighted by Crippen LogP contribution is 2.35. The first-order valence-corrected chi connectivity index (χ1v) is 7.21. The Kier molecular flexibility index (Phi) is 7.41. The summed E-state index contributed by atoms with van der Waals surface area (Å²) in [5, 5.41) is 12.4. The number of ether oxygens (including phenoxy) is 3. The van der Waals surface area contributed by atoms with Gasteiger partial charge in [0.2, 0.25) is 12.7 Å². The summed E-state index contributed by atoms with van der Waals surface area (Å²) in [6.07, 6.45) is -0.825. The smallest absolute Gasteiger partial charge is 0.237 e. The van der Waals surface area contributed by atoms with E-state index >= 15 is 0 Å². The van der Waals surface area contributed by atoms with Gasteiger partial charge in [-0.2, -0.15) is 0 Å². The number of nitrogens with two attached hydrogens (primary N) is 1. The van der Waals surface area contributed by atoms with Gasteiger partial charge in [-0.05, 0) is 18.1 Å². The van der Waals surface area contributed by atoms with Crippen molar-refractivity contribution in [1.82, 2.24) is 5.32 Å². The molecule has 0 radical (unpaired) electrons. The molecular weight excluding hydrogens is 324 g/mol. The number of fused-ring (bicyclic) bond motifs is 1. The Morgan fingerprint density at radius 2 is 2.09 bits per heavy atom. The van der Waals surface area contributed by atoms with Crippen LogP contribution >= 0.6 is 12.4 Å². The van der Waals surface area contributed by atoms with Gasteiger partial charge in [0.25, 0.3) is 0 Å². The Bertz CT molecular complexity index is 527. The maximum absolute atomic E-state index is 11.7. The van der Waals surface area contributed by atoms with Crippen LogP contribution in [0.3, 0.4) is 0 Å².